The zero-order chi connectivity index (χ0) is 31.8. The predicted octanol–water partition coefficient (Wildman–Crippen LogP) is 4.44. The first kappa shape index (κ1) is 36.7. The Labute approximate surface area is 250 Å². The van der Waals surface area contributed by atoms with Gasteiger partial charge in [0.2, 0.25) is 0 Å². The van der Waals surface area contributed by atoms with Gasteiger partial charge in [-0.15, -0.1) is 0 Å². The molecule has 1 fully saturated rings. The van der Waals surface area contributed by atoms with Gasteiger partial charge in [-0.05, 0) is 92.9 Å². The molecule has 0 saturated heterocycles. The fraction of sp³-hybridized carbons (Fsp3) is 0.767. The highest BCUT2D eigenvalue weighted by Gasteiger charge is 2.31. The molecule has 0 aromatic rings. The van der Waals surface area contributed by atoms with Gasteiger partial charge in [0.1, 0.15) is 36.0 Å². The quantitative estimate of drug-likeness (QED) is 0.107. The van der Waals surface area contributed by atoms with Crippen LogP contribution >= 0.6 is 0 Å². The molecule has 42 heavy (non-hydrogen) atoms. The molecular formula is C30H51N3O9. The first-order chi connectivity index (χ1) is 19.6. The van der Waals surface area contributed by atoms with Crippen molar-refractivity contribution in [1.29, 1.82) is 0 Å². The smallest absolute Gasteiger partial charge is 0.407 e. The maximum Gasteiger partial charge on any atom is 0.407 e. The molecule has 0 radical (unpaired) electrons. The zero-order valence-corrected chi connectivity index (χ0v) is 26.2. The van der Waals surface area contributed by atoms with Crippen LogP contribution in [0, 0.1) is 0 Å². The third kappa shape index (κ3) is 17.5. The van der Waals surface area contributed by atoms with Gasteiger partial charge in [0, 0.05) is 13.0 Å². The molecule has 0 bridgehead atoms. The Morgan fingerprint density at radius 3 is 2.00 bits per heavy atom. The molecular weight excluding hydrogens is 546 g/mol. The van der Waals surface area contributed by atoms with Crippen LogP contribution in [0.4, 0.5) is 9.59 Å². The summed E-state index contributed by atoms with van der Waals surface area (Å²) in [5, 5.41) is 7.80. The standard InChI is InChI=1S/C30H51N3O9/c1-8-20-39-28(38)31-19-13-12-16-22(25(35)40-21-14-10-9-11-15-21)32-27(37)33-23(26(36)42-30(5,6)7)17-18-24(34)41-29(2,3)4/h8,21-23H,1,9-20H2,2-7H3,(H,31,38)(H2,32,33,37)/t22-,23-/m0/s1. The summed E-state index contributed by atoms with van der Waals surface area (Å²) < 4.78 is 21.3. The van der Waals surface area contributed by atoms with E-state index in [1.165, 1.54) is 6.08 Å². The zero-order valence-electron chi connectivity index (χ0n) is 26.2. The third-order valence-electron chi connectivity index (χ3n) is 6.00. The average Bonchev–Trinajstić information content (AvgIpc) is 2.87. The second kappa shape index (κ2) is 18.3. The first-order valence-electron chi connectivity index (χ1n) is 14.8. The maximum absolute atomic E-state index is 13.1. The van der Waals surface area contributed by atoms with E-state index in [2.05, 4.69) is 22.5 Å². The van der Waals surface area contributed by atoms with Crippen molar-refractivity contribution in [3.8, 4) is 0 Å². The Kier molecular flexibility index (Phi) is 16.0. The molecule has 1 aliphatic carbocycles. The number of carbonyl (C=O) groups is 5. The Bertz CT molecular complexity index is 903. The van der Waals surface area contributed by atoms with Crippen LogP contribution in [0.2, 0.25) is 0 Å². The van der Waals surface area contributed by atoms with Gasteiger partial charge in [-0.3, -0.25) is 4.79 Å². The van der Waals surface area contributed by atoms with Crippen LogP contribution in [0.5, 0.6) is 0 Å². The second-order valence-corrected chi connectivity index (χ2v) is 12.4. The van der Waals surface area contributed by atoms with Crippen molar-refractivity contribution in [2.75, 3.05) is 13.2 Å². The van der Waals surface area contributed by atoms with Crippen molar-refractivity contribution in [3.63, 3.8) is 0 Å². The minimum Gasteiger partial charge on any atom is -0.461 e. The second-order valence-electron chi connectivity index (χ2n) is 12.4. The van der Waals surface area contributed by atoms with Crippen molar-refractivity contribution >= 4 is 30.0 Å². The summed E-state index contributed by atoms with van der Waals surface area (Å²) in [6, 6.07) is -2.91. The van der Waals surface area contributed by atoms with Crippen molar-refractivity contribution in [3.05, 3.63) is 12.7 Å². The summed E-state index contributed by atoms with van der Waals surface area (Å²) in [6.45, 7) is 14.2. The van der Waals surface area contributed by atoms with Crippen molar-refractivity contribution < 1.29 is 42.9 Å². The Morgan fingerprint density at radius 1 is 0.833 bits per heavy atom. The van der Waals surface area contributed by atoms with Gasteiger partial charge in [0.25, 0.3) is 0 Å². The predicted molar refractivity (Wildman–Crippen MR) is 157 cm³/mol. The molecule has 1 aliphatic rings. The first-order valence-corrected chi connectivity index (χ1v) is 14.8. The fourth-order valence-corrected chi connectivity index (χ4v) is 4.16. The van der Waals surface area contributed by atoms with Crippen molar-refractivity contribution in [2.24, 2.45) is 0 Å². The highest BCUT2D eigenvalue weighted by Crippen LogP contribution is 2.21. The van der Waals surface area contributed by atoms with Gasteiger partial charge in [-0.1, -0.05) is 19.1 Å². The number of hydrogen-bond donors (Lipinski definition) is 3. The summed E-state index contributed by atoms with van der Waals surface area (Å²) in [5.74, 6) is -1.79. The van der Waals surface area contributed by atoms with Gasteiger partial charge in [-0.2, -0.15) is 0 Å². The van der Waals surface area contributed by atoms with Crippen LogP contribution in [-0.4, -0.2) is 72.6 Å². The number of unbranched alkanes of at least 4 members (excludes halogenated alkanes) is 1. The molecule has 1 rings (SSSR count). The summed E-state index contributed by atoms with van der Waals surface area (Å²) >= 11 is 0. The number of urea groups is 1. The number of esters is 3. The van der Waals surface area contributed by atoms with E-state index >= 15 is 0 Å². The van der Waals surface area contributed by atoms with E-state index in [9.17, 15) is 24.0 Å². The van der Waals surface area contributed by atoms with E-state index in [1.54, 1.807) is 41.5 Å². The molecule has 0 spiro atoms. The van der Waals surface area contributed by atoms with E-state index in [1.807, 2.05) is 0 Å². The van der Waals surface area contributed by atoms with E-state index in [-0.39, 0.29) is 32.0 Å². The van der Waals surface area contributed by atoms with E-state index in [4.69, 9.17) is 18.9 Å². The summed E-state index contributed by atoms with van der Waals surface area (Å²) in [5.41, 5.74) is -1.52. The molecule has 240 valence electrons. The highest BCUT2D eigenvalue weighted by molar-refractivity contribution is 5.87. The summed E-state index contributed by atoms with van der Waals surface area (Å²) in [4.78, 5) is 62.9. The van der Waals surface area contributed by atoms with Crippen molar-refractivity contribution in [1.82, 2.24) is 16.0 Å². The largest absolute Gasteiger partial charge is 0.461 e. The van der Waals surface area contributed by atoms with Crippen LogP contribution in [0.25, 0.3) is 0 Å². The SMILES string of the molecule is C=CCOC(=O)NCCCC[C@H](NC(=O)N[C@@H](CCC(=O)OC(C)(C)C)C(=O)OC(C)(C)C)C(=O)OC1CCCCC1. The van der Waals surface area contributed by atoms with Crippen molar-refractivity contribution in [2.45, 2.75) is 135 Å². The minimum absolute atomic E-state index is 0.0535. The molecule has 12 nitrogen and oxygen atoms in total. The number of ether oxygens (including phenoxy) is 4. The lowest BCUT2D eigenvalue weighted by Gasteiger charge is -2.27. The monoisotopic (exact) mass is 597 g/mol. The molecule has 2 atom stereocenters. The van der Waals surface area contributed by atoms with Crippen LogP contribution in [0.3, 0.4) is 0 Å². The van der Waals surface area contributed by atoms with E-state index < -0.39 is 53.3 Å². The lowest BCUT2D eigenvalue weighted by atomic mass is 9.97. The summed E-state index contributed by atoms with van der Waals surface area (Å²) in [6.07, 6.45) is 6.34. The normalized spacial score (nSPS) is 15.4. The third-order valence-corrected chi connectivity index (χ3v) is 6.00. The minimum atomic E-state index is -1.16. The summed E-state index contributed by atoms with van der Waals surface area (Å²) in [7, 11) is 0. The lowest BCUT2D eigenvalue weighted by Crippen LogP contribution is -2.52. The Hall–Kier alpha value is -3.31. The lowest BCUT2D eigenvalue weighted by molar-refractivity contribution is -0.158. The molecule has 0 aliphatic heterocycles. The highest BCUT2D eigenvalue weighted by atomic mass is 16.6. The van der Waals surface area contributed by atoms with Crippen LogP contribution < -0.4 is 16.0 Å². The number of alkyl carbamates (subject to hydrolysis) is 1. The molecule has 3 amide bonds. The fourth-order valence-electron chi connectivity index (χ4n) is 4.16. The molecule has 3 N–H and O–H groups in total. The van der Waals surface area contributed by atoms with Crippen LogP contribution in [0.1, 0.15) is 106 Å². The molecule has 12 heteroatoms. The van der Waals surface area contributed by atoms with Gasteiger partial charge < -0.3 is 34.9 Å². The molecule has 1 saturated carbocycles. The maximum atomic E-state index is 13.1. The van der Waals surface area contributed by atoms with E-state index in [0.717, 1.165) is 32.1 Å². The number of hydrogen-bond acceptors (Lipinski definition) is 9. The molecule has 0 unspecified atom stereocenters. The van der Waals surface area contributed by atoms with Crippen LogP contribution in [0.15, 0.2) is 12.7 Å². The molecule has 0 aromatic carbocycles. The number of rotatable bonds is 15. The van der Waals surface area contributed by atoms with Gasteiger partial charge >= 0.3 is 30.0 Å². The van der Waals surface area contributed by atoms with Gasteiger partial charge in [-0.25, -0.2) is 19.2 Å². The Balaban J connectivity index is 2.85. The molecule has 0 heterocycles. The van der Waals surface area contributed by atoms with Gasteiger partial charge in [0.05, 0.1) is 0 Å². The van der Waals surface area contributed by atoms with Crippen LogP contribution in [-0.2, 0) is 33.3 Å². The average molecular weight is 598 g/mol. The number of carbonyl (C=O) groups excluding carboxylic acids is 5. The molecule has 0 aromatic heterocycles. The number of amides is 3. The topological polar surface area (TPSA) is 158 Å². The Morgan fingerprint density at radius 2 is 1.43 bits per heavy atom. The van der Waals surface area contributed by atoms with Gasteiger partial charge in [0.15, 0.2) is 0 Å². The number of nitrogens with one attached hydrogen (secondary N) is 3. The van der Waals surface area contributed by atoms with E-state index in [0.29, 0.717) is 19.4 Å².